The number of alkyl halides is 2. The first kappa shape index (κ1) is 23.7. The number of anilines is 1. The predicted octanol–water partition coefficient (Wildman–Crippen LogP) is 2.68. The van der Waals surface area contributed by atoms with Gasteiger partial charge in [-0.3, -0.25) is 0 Å². The third-order valence-electron chi connectivity index (χ3n) is 7.42. The Labute approximate surface area is 210 Å². The standard InChI is InChI=1S/C22H24F2N8O2S2/c1-30-12-21(13-30)4-6-31(7-5-21)16-8-14(36(33,34)29-22(11-25)2-3-22)9-17-15(16)10-26-32(17)20-28-27-19(35-20)18(23)24/h8-10,18,29H,2-7,12-13H2,1H3. The number of rotatable bonds is 6. The van der Waals surface area contributed by atoms with Crippen LogP contribution in [-0.4, -0.2) is 72.1 Å². The number of nitriles is 1. The number of aromatic nitrogens is 4. The van der Waals surface area contributed by atoms with Gasteiger partial charge in [-0.1, -0.05) is 11.3 Å². The van der Waals surface area contributed by atoms with Crippen LogP contribution >= 0.6 is 11.3 Å². The Bertz CT molecular complexity index is 1480. The van der Waals surface area contributed by atoms with Crippen molar-refractivity contribution in [2.75, 3.05) is 38.1 Å². The molecule has 10 nitrogen and oxygen atoms in total. The number of likely N-dealkylation sites (tertiary alicyclic amines) is 1. The van der Waals surface area contributed by atoms with Gasteiger partial charge in [-0.2, -0.15) is 15.1 Å². The molecule has 2 aromatic heterocycles. The van der Waals surface area contributed by atoms with E-state index in [0.29, 0.717) is 46.2 Å². The molecule has 0 radical (unpaired) electrons. The highest BCUT2D eigenvalue weighted by Crippen LogP contribution is 2.43. The zero-order valence-electron chi connectivity index (χ0n) is 19.5. The highest BCUT2D eigenvalue weighted by Gasteiger charge is 2.47. The fourth-order valence-electron chi connectivity index (χ4n) is 5.37. The molecule has 1 N–H and O–H groups in total. The van der Waals surface area contributed by atoms with Crippen LogP contribution in [0.5, 0.6) is 0 Å². The van der Waals surface area contributed by atoms with E-state index < -0.39 is 27.0 Å². The number of sulfonamides is 1. The highest BCUT2D eigenvalue weighted by molar-refractivity contribution is 7.89. The Hall–Kier alpha value is -2.73. The molecule has 1 aliphatic carbocycles. The summed E-state index contributed by atoms with van der Waals surface area (Å²) in [7, 11) is -1.92. The normalized spacial score (nSPS) is 21.1. The minimum atomic E-state index is -4.03. The summed E-state index contributed by atoms with van der Waals surface area (Å²) in [5.74, 6) is 0. The molecule has 2 aliphatic heterocycles. The largest absolute Gasteiger partial charge is 0.371 e. The van der Waals surface area contributed by atoms with Crippen molar-refractivity contribution in [2.45, 2.75) is 42.5 Å². The summed E-state index contributed by atoms with van der Waals surface area (Å²) in [5.41, 5.74) is 0.369. The summed E-state index contributed by atoms with van der Waals surface area (Å²) in [6, 6.07) is 5.14. The summed E-state index contributed by atoms with van der Waals surface area (Å²) < 4.78 is 56.9. The van der Waals surface area contributed by atoms with Gasteiger partial charge in [-0.15, -0.1) is 10.2 Å². The van der Waals surface area contributed by atoms with Crippen molar-refractivity contribution in [3.63, 3.8) is 0 Å². The molecule has 0 unspecified atom stereocenters. The van der Waals surface area contributed by atoms with Gasteiger partial charge in [0.25, 0.3) is 6.43 Å². The molecular formula is C22H24F2N8O2S2. The van der Waals surface area contributed by atoms with Gasteiger partial charge in [0.1, 0.15) is 5.54 Å². The SMILES string of the molecule is CN1CC2(CCN(c3cc(S(=O)(=O)NC4(C#N)CC4)cc4c3cnn4-c3nnc(C(F)F)s3)CC2)C1. The van der Waals surface area contributed by atoms with Crippen LogP contribution in [0.2, 0.25) is 0 Å². The molecule has 3 aromatic rings. The van der Waals surface area contributed by atoms with Gasteiger partial charge in [0.2, 0.25) is 15.2 Å². The third kappa shape index (κ3) is 3.94. The third-order valence-corrected chi connectivity index (χ3v) is 9.84. The summed E-state index contributed by atoms with van der Waals surface area (Å²) in [5, 5.41) is 21.6. The van der Waals surface area contributed by atoms with E-state index in [-0.39, 0.29) is 10.0 Å². The summed E-state index contributed by atoms with van der Waals surface area (Å²) in [4.78, 5) is 4.46. The highest BCUT2D eigenvalue weighted by atomic mass is 32.2. The predicted molar refractivity (Wildman–Crippen MR) is 129 cm³/mol. The second-order valence-corrected chi connectivity index (χ2v) is 12.8. The molecule has 1 spiro atoms. The van der Waals surface area contributed by atoms with E-state index in [0.717, 1.165) is 39.0 Å². The second kappa shape index (κ2) is 8.14. The van der Waals surface area contributed by atoms with Crippen molar-refractivity contribution in [1.29, 1.82) is 5.26 Å². The maximum Gasteiger partial charge on any atom is 0.291 e. The first-order chi connectivity index (χ1) is 17.1. The number of piperidine rings is 1. The monoisotopic (exact) mass is 534 g/mol. The minimum absolute atomic E-state index is 0.00413. The lowest BCUT2D eigenvalue weighted by Gasteiger charge is -2.53. The smallest absolute Gasteiger partial charge is 0.291 e. The maximum atomic E-state index is 13.3. The van der Waals surface area contributed by atoms with Crippen LogP contribution < -0.4 is 9.62 Å². The van der Waals surface area contributed by atoms with Crippen molar-refractivity contribution in [2.24, 2.45) is 5.41 Å². The number of nitrogens with zero attached hydrogens (tertiary/aromatic N) is 7. The Morgan fingerprint density at radius 3 is 2.47 bits per heavy atom. The number of halogens is 2. The number of hydrogen-bond acceptors (Lipinski definition) is 9. The first-order valence-electron chi connectivity index (χ1n) is 11.7. The molecule has 14 heteroatoms. The quantitative estimate of drug-likeness (QED) is 0.513. The van der Waals surface area contributed by atoms with Crippen LogP contribution in [0.3, 0.4) is 0 Å². The lowest BCUT2D eigenvalue weighted by Crippen LogP contribution is -2.58. The average molecular weight is 535 g/mol. The van der Waals surface area contributed by atoms with E-state index in [1.54, 1.807) is 12.3 Å². The molecular weight excluding hydrogens is 510 g/mol. The minimum Gasteiger partial charge on any atom is -0.371 e. The molecule has 190 valence electrons. The van der Waals surface area contributed by atoms with Crippen LogP contribution in [0.1, 0.15) is 37.1 Å². The topological polar surface area (TPSA) is 120 Å². The van der Waals surface area contributed by atoms with E-state index in [9.17, 15) is 22.5 Å². The van der Waals surface area contributed by atoms with E-state index in [2.05, 4.69) is 42.9 Å². The molecule has 0 bridgehead atoms. The van der Waals surface area contributed by atoms with E-state index >= 15 is 0 Å². The van der Waals surface area contributed by atoms with E-state index in [1.807, 2.05) is 0 Å². The van der Waals surface area contributed by atoms with Crippen molar-refractivity contribution >= 4 is 38.0 Å². The summed E-state index contributed by atoms with van der Waals surface area (Å²) in [6.45, 7) is 3.65. The maximum absolute atomic E-state index is 13.3. The fraction of sp³-hybridized carbons (Fsp3) is 0.545. The van der Waals surface area contributed by atoms with Gasteiger partial charge in [0, 0.05) is 37.3 Å². The summed E-state index contributed by atoms with van der Waals surface area (Å²) in [6.07, 6.45) is 1.75. The Kier molecular flexibility index (Phi) is 5.35. The Morgan fingerprint density at radius 1 is 1.17 bits per heavy atom. The van der Waals surface area contributed by atoms with Gasteiger partial charge >= 0.3 is 0 Å². The Balaban J connectivity index is 1.43. The van der Waals surface area contributed by atoms with Crippen LogP contribution in [-0.2, 0) is 10.0 Å². The van der Waals surface area contributed by atoms with Gasteiger partial charge in [0.05, 0.1) is 22.7 Å². The van der Waals surface area contributed by atoms with Crippen molar-refractivity contribution in [3.8, 4) is 11.2 Å². The van der Waals surface area contributed by atoms with Crippen molar-refractivity contribution < 1.29 is 17.2 Å². The number of fused-ring (bicyclic) bond motifs is 1. The van der Waals surface area contributed by atoms with Crippen LogP contribution in [0.4, 0.5) is 14.5 Å². The van der Waals surface area contributed by atoms with Gasteiger partial charge in [0.15, 0.2) is 5.01 Å². The van der Waals surface area contributed by atoms with E-state index in [1.165, 1.54) is 10.7 Å². The molecule has 2 saturated heterocycles. The molecule has 3 fully saturated rings. The van der Waals surface area contributed by atoms with E-state index in [4.69, 9.17) is 0 Å². The molecule has 0 amide bonds. The lowest BCUT2D eigenvalue weighted by atomic mass is 9.72. The second-order valence-electron chi connectivity index (χ2n) is 10.1. The molecule has 36 heavy (non-hydrogen) atoms. The van der Waals surface area contributed by atoms with Crippen molar-refractivity contribution in [3.05, 3.63) is 23.3 Å². The molecule has 4 heterocycles. The molecule has 1 saturated carbocycles. The van der Waals surface area contributed by atoms with Crippen molar-refractivity contribution in [1.82, 2.24) is 29.6 Å². The van der Waals surface area contributed by atoms with Gasteiger partial charge in [-0.25, -0.2) is 21.9 Å². The average Bonchev–Trinajstić information content (AvgIpc) is 3.22. The Morgan fingerprint density at radius 2 is 1.89 bits per heavy atom. The van der Waals surface area contributed by atoms with Crippen LogP contribution in [0.25, 0.3) is 16.0 Å². The number of hydrogen-bond donors (Lipinski definition) is 1. The van der Waals surface area contributed by atoms with Crippen LogP contribution in [0, 0.1) is 16.7 Å². The first-order valence-corrected chi connectivity index (χ1v) is 14.0. The van der Waals surface area contributed by atoms with Gasteiger partial charge < -0.3 is 9.80 Å². The summed E-state index contributed by atoms with van der Waals surface area (Å²) >= 11 is 0.704. The molecule has 0 atom stereocenters. The lowest BCUT2D eigenvalue weighted by molar-refractivity contribution is 0.00135. The zero-order valence-corrected chi connectivity index (χ0v) is 21.1. The molecule has 3 aliphatic rings. The zero-order chi connectivity index (χ0) is 25.3. The number of nitrogens with one attached hydrogen (secondary N) is 1. The number of benzene rings is 1. The molecule has 1 aromatic carbocycles. The molecule has 6 rings (SSSR count). The van der Waals surface area contributed by atoms with Gasteiger partial charge in [-0.05, 0) is 50.3 Å². The van der Waals surface area contributed by atoms with Crippen LogP contribution in [0.15, 0.2) is 23.2 Å². The fourth-order valence-corrected chi connectivity index (χ4v) is 7.45.